The van der Waals surface area contributed by atoms with E-state index in [1.54, 1.807) is 18.2 Å². The summed E-state index contributed by atoms with van der Waals surface area (Å²) < 4.78 is 0.779. The smallest absolute Gasteiger partial charge is 0.257 e. The molecular weight excluding hydrogens is 320 g/mol. The first-order chi connectivity index (χ1) is 9.63. The van der Waals surface area contributed by atoms with Gasteiger partial charge >= 0.3 is 0 Å². The summed E-state index contributed by atoms with van der Waals surface area (Å²) in [6.07, 6.45) is 2.73. The Balaban J connectivity index is 1.60. The number of carbonyl (C=O) groups is 1. The summed E-state index contributed by atoms with van der Waals surface area (Å²) in [5.41, 5.74) is 0.392. The number of phenolic OH excluding ortho intramolecular Hbond substituents is 1. The molecule has 1 aliphatic heterocycles. The van der Waals surface area contributed by atoms with Gasteiger partial charge in [-0.1, -0.05) is 15.9 Å². The van der Waals surface area contributed by atoms with Gasteiger partial charge in [-0.25, -0.2) is 0 Å². The number of hydrogen-bond donors (Lipinski definition) is 1. The maximum absolute atomic E-state index is 12.4. The van der Waals surface area contributed by atoms with E-state index >= 15 is 0 Å². The maximum atomic E-state index is 12.4. The van der Waals surface area contributed by atoms with Gasteiger partial charge < -0.3 is 10.0 Å². The largest absolute Gasteiger partial charge is 0.507 e. The van der Waals surface area contributed by atoms with Crippen LogP contribution in [0.15, 0.2) is 22.7 Å². The van der Waals surface area contributed by atoms with Crippen molar-refractivity contribution in [2.75, 3.05) is 32.7 Å². The minimum Gasteiger partial charge on any atom is -0.507 e. The van der Waals surface area contributed by atoms with Crippen molar-refractivity contribution >= 4 is 21.8 Å². The lowest BCUT2D eigenvalue weighted by Crippen LogP contribution is -2.49. The highest BCUT2D eigenvalue weighted by atomic mass is 79.9. The van der Waals surface area contributed by atoms with Crippen LogP contribution in [0.5, 0.6) is 5.75 Å². The summed E-state index contributed by atoms with van der Waals surface area (Å²) in [6.45, 7) is 4.58. The van der Waals surface area contributed by atoms with Crippen LogP contribution in [0, 0.1) is 5.92 Å². The van der Waals surface area contributed by atoms with Crippen molar-refractivity contribution in [3.63, 3.8) is 0 Å². The number of rotatable bonds is 3. The summed E-state index contributed by atoms with van der Waals surface area (Å²) in [4.78, 5) is 16.7. The average molecular weight is 339 g/mol. The van der Waals surface area contributed by atoms with Crippen LogP contribution in [0.3, 0.4) is 0 Å². The van der Waals surface area contributed by atoms with Crippen molar-refractivity contribution in [3.05, 3.63) is 28.2 Å². The van der Waals surface area contributed by atoms with Crippen LogP contribution in [0.2, 0.25) is 0 Å². The van der Waals surface area contributed by atoms with Crippen molar-refractivity contribution in [3.8, 4) is 5.75 Å². The Morgan fingerprint density at radius 2 is 1.95 bits per heavy atom. The molecule has 1 saturated heterocycles. The third-order valence-electron chi connectivity index (χ3n) is 4.06. The van der Waals surface area contributed by atoms with E-state index in [0.29, 0.717) is 5.56 Å². The first kappa shape index (κ1) is 13.9. The molecule has 4 nitrogen and oxygen atoms in total. The Morgan fingerprint density at radius 3 is 2.55 bits per heavy atom. The number of aromatic hydroxyl groups is 1. The number of halogens is 1. The number of carbonyl (C=O) groups excluding carboxylic acids is 1. The van der Waals surface area contributed by atoms with Gasteiger partial charge in [-0.2, -0.15) is 0 Å². The number of benzene rings is 1. The zero-order valence-corrected chi connectivity index (χ0v) is 13.0. The first-order valence-electron chi connectivity index (χ1n) is 7.13. The second kappa shape index (κ2) is 5.74. The van der Waals surface area contributed by atoms with Crippen molar-refractivity contribution < 1.29 is 9.90 Å². The lowest BCUT2D eigenvalue weighted by molar-refractivity contribution is 0.0629. The normalized spacial score (nSPS) is 20.1. The standard InChI is InChI=1S/C15H19BrN2O2/c16-12-3-4-13(14(19)9-12)15(20)18-7-5-17(6-8-18)10-11-1-2-11/h3-4,9,11,19H,1-2,5-8,10H2. The van der Waals surface area contributed by atoms with Crippen LogP contribution in [0.4, 0.5) is 0 Å². The summed E-state index contributed by atoms with van der Waals surface area (Å²) in [5, 5.41) is 9.88. The van der Waals surface area contributed by atoms with Crippen molar-refractivity contribution in [1.29, 1.82) is 0 Å². The van der Waals surface area contributed by atoms with Gasteiger partial charge in [-0.15, -0.1) is 0 Å². The molecule has 0 radical (unpaired) electrons. The molecule has 2 aliphatic rings. The van der Waals surface area contributed by atoms with Gasteiger partial charge in [0, 0.05) is 37.2 Å². The van der Waals surface area contributed by atoms with Crippen molar-refractivity contribution in [2.45, 2.75) is 12.8 Å². The third kappa shape index (κ3) is 3.15. The van der Waals surface area contributed by atoms with Gasteiger partial charge in [0.1, 0.15) is 5.75 Å². The zero-order chi connectivity index (χ0) is 14.1. The predicted molar refractivity (Wildman–Crippen MR) is 80.9 cm³/mol. The maximum Gasteiger partial charge on any atom is 0.257 e. The van der Waals surface area contributed by atoms with Gasteiger partial charge in [0.15, 0.2) is 0 Å². The Labute approximate surface area is 127 Å². The van der Waals surface area contributed by atoms with E-state index in [1.165, 1.54) is 19.4 Å². The fourth-order valence-electron chi connectivity index (χ4n) is 2.66. The molecule has 1 aromatic rings. The Kier molecular flexibility index (Phi) is 3.98. The van der Waals surface area contributed by atoms with Gasteiger partial charge in [-0.05, 0) is 37.0 Å². The SMILES string of the molecule is O=C(c1ccc(Br)cc1O)N1CCN(CC2CC2)CC1. The van der Waals surface area contributed by atoms with E-state index < -0.39 is 0 Å². The number of piperazine rings is 1. The van der Waals surface area contributed by atoms with E-state index in [1.807, 2.05) is 4.90 Å². The predicted octanol–water partition coefficient (Wildman–Crippen LogP) is 2.32. The monoisotopic (exact) mass is 338 g/mol. The molecule has 1 amide bonds. The van der Waals surface area contributed by atoms with Crippen molar-refractivity contribution in [2.24, 2.45) is 5.92 Å². The topological polar surface area (TPSA) is 43.8 Å². The number of amides is 1. The van der Waals surface area contributed by atoms with E-state index in [9.17, 15) is 9.90 Å². The minimum absolute atomic E-state index is 0.0461. The van der Waals surface area contributed by atoms with Gasteiger partial charge in [0.25, 0.3) is 5.91 Å². The Bertz CT molecular complexity index is 509. The Morgan fingerprint density at radius 1 is 1.25 bits per heavy atom. The lowest BCUT2D eigenvalue weighted by atomic mass is 10.1. The van der Waals surface area contributed by atoms with Gasteiger partial charge in [0.2, 0.25) is 0 Å². The highest BCUT2D eigenvalue weighted by Crippen LogP contribution is 2.30. The second-order valence-electron chi connectivity index (χ2n) is 5.70. The van der Waals surface area contributed by atoms with E-state index in [-0.39, 0.29) is 11.7 Å². The van der Waals surface area contributed by atoms with Crippen LogP contribution in [-0.2, 0) is 0 Å². The van der Waals surface area contributed by atoms with E-state index in [0.717, 1.165) is 36.6 Å². The molecule has 108 valence electrons. The van der Waals surface area contributed by atoms with Crippen LogP contribution in [0.1, 0.15) is 23.2 Å². The first-order valence-corrected chi connectivity index (χ1v) is 7.93. The molecule has 1 saturated carbocycles. The lowest BCUT2D eigenvalue weighted by Gasteiger charge is -2.34. The molecule has 3 rings (SSSR count). The quantitative estimate of drug-likeness (QED) is 0.919. The summed E-state index contributed by atoms with van der Waals surface area (Å²) in [6, 6.07) is 5.03. The van der Waals surface area contributed by atoms with Crippen LogP contribution in [0.25, 0.3) is 0 Å². The third-order valence-corrected chi connectivity index (χ3v) is 4.56. The molecule has 1 N–H and O–H groups in total. The minimum atomic E-state index is -0.0685. The molecule has 20 heavy (non-hydrogen) atoms. The molecule has 2 fully saturated rings. The highest BCUT2D eigenvalue weighted by Gasteiger charge is 2.28. The molecule has 0 unspecified atom stereocenters. The fraction of sp³-hybridized carbons (Fsp3) is 0.533. The molecule has 1 heterocycles. The van der Waals surface area contributed by atoms with Gasteiger partial charge in [0.05, 0.1) is 5.56 Å². The summed E-state index contributed by atoms with van der Waals surface area (Å²) in [7, 11) is 0. The molecule has 0 bridgehead atoms. The molecule has 1 aromatic carbocycles. The second-order valence-corrected chi connectivity index (χ2v) is 6.61. The fourth-order valence-corrected chi connectivity index (χ4v) is 3.00. The summed E-state index contributed by atoms with van der Waals surface area (Å²) in [5.74, 6) is 0.874. The van der Waals surface area contributed by atoms with E-state index in [4.69, 9.17) is 0 Å². The highest BCUT2D eigenvalue weighted by molar-refractivity contribution is 9.10. The van der Waals surface area contributed by atoms with Crippen molar-refractivity contribution in [1.82, 2.24) is 9.80 Å². The number of nitrogens with zero attached hydrogens (tertiary/aromatic N) is 2. The molecule has 0 spiro atoms. The van der Waals surface area contributed by atoms with Crippen LogP contribution < -0.4 is 0 Å². The molecule has 0 aromatic heterocycles. The zero-order valence-electron chi connectivity index (χ0n) is 11.4. The van der Waals surface area contributed by atoms with Gasteiger partial charge in [-0.3, -0.25) is 9.69 Å². The molecule has 0 atom stereocenters. The molecule has 1 aliphatic carbocycles. The Hall–Kier alpha value is -1.07. The van der Waals surface area contributed by atoms with Crippen LogP contribution in [-0.4, -0.2) is 53.5 Å². The number of hydrogen-bond acceptors (Lipinski definition) is 3. The van der Waals surface area contributed by atoms with E-state index in [2.05, 4.69) is 20.8 Å². The molecule has 5 heteroatoms. The molecular formula is C15H19BrN2O2. The summed E-state index contributed by atoms with van der Waals surface area (Å²) >= 11 is 3.29. The average Bonchev–Trinajstić information content (AvgIpc) is 3.23. The van der Waals surface area contributed by atoms with Crippen LogP contribution >= 0.6 is 15.9 Å². The number of phenols is 1.